The molecule has 1 amide bonds. The average Bonchev–Trinajstić information content (AvgIpc) is 3.57. The van der Waals surface area contributed by atoms with Crippen molar-refractivity contribution in [2.75, 3.05) is 41.3 Å². The number of aryl methyl sites for hydroxylation is 1. The van der Waals surface area contributed by atoms with Crippen molar-refractivity contribution in [1.29, 1.82) is 0 Å². The molecule has 2 aliphatic heterocycles. The molecule has 2 N–H and O–H groups in total. The lowest BCUT2D eigenvalue weighted by atomic mass is 9.93. The maximum absolute atomic E-state index is 13.6. The number of alkyl halides is 2. The van der Waals surface area contributed by atoms with Gasteiger partial charge in [-0.15, -0.1) is 0 Å². The average molecular weight is 506 g/mol. The van der Waals surface area contributed by atoms with Gasteiger partial charge in [0, 0.05) is 50.8 Å². The van der Waals surface area contributed by atoms with Gasteiger partial charge >= 0.3 is 0 Å². The van der Waals surface area contributed by atoms with Gasteiger partial charge in [-0.05, 0) is 56.2 Å². The molecule has 3 aliphatic rings. The van der Waals surface area contributed by atoms with Crippen molar-refractivity contribution in [3.63, 3.8) is 0 Å². The summed E-state index contributed by atoms with van der Waals surface area (Å²) in [7, 11) is 0. The van der Waals surface area contributed by atoms with E-state index in [1.165, 1.54) is 18.9 Å². The van der Waals surface area contributed by atoms with E-state index in [-0.39, 0.29) is 36.8 Å². The number of nitrogens with one attached hydrogen (secondary N) is 1. The number of rotatable bonds is 5. The van der Waals surface area contributed by atoms with Crippen molar-refractivity contribution in [3.05, 3.63) is 35.5 Å². The molecule has 11 heteroatoms. The number of amides is 1. The first kappa shape index (κ1) is 24.1. The van der Waals surface area contributed by atoms with E-state index in [2.05, 4.69) is 20.2 Å². The first-order valence-electron chi connectivity index (χ1n) is 11.9. The van der Waals surface area contributed by atoms with Gasteiger partial charge in [0.2, 0.25) is 5.95 Å². The van der Waals surface area contributed by atoms with Gasteiger partial charge in [0.25, 0.3) is 11.8 Å². The minimum atomic E-state index is -2.66. The zero-order valence-corrected chi connectivity index (χ0v) is 20.4. The van der Waals surface area contributed by atoms with Crippen molar-refractivity contribution in [2.24, 2.45) is 5.41 Å². The fraction of sp³-hybridized carbons (Fsp3) is 0.542. The van der Waals surface area contributed by atoms with Gasteiger partial charge in [0.1, 0.15) is 5.82 Å². The Morgan fingerprint density at radius 1 is 1.00 bits per heavy atom. The lowest BCUT2D eigenvalue weighted by molar-refractivity contribution is -0.0221. The summed E-state index contributed by atoms with van der Waals surface area (Å²) in [6.45, 7) is 3.69. The number of aromatic nitrogens is 2. The number of carbonyl (C=O) groups excluding carboxylic acids is 1. The van der Waals surface area contributed by atoms with Crippen LogP contribution in [0.3, 0.4) is 0 Å². The van der Waals surface area contributed by atoms with Crippen LogP contribution in [0.5, 0.6) is 0 Å². The number of halogens is 2. The molecule has 5 rings (SSSR count). The van der Waals surface area contributed by atoms with Crippen molar-refractivity contribution < 1.29 is 22.3 Å². The smallest absolute Gasteiger partial charge is 0.260 e. The van der Waals surface area contributed by atoms with Crippen LogP contribution in [0, 0.1) is 12.3 Å². The summed E-state index contributed by atoms with van der Waals surface area (Å²) in [4.78, 5) is 26.2. The van der Waals surface area contributed by atoms with Gasteiger partial charge in [0.05, 0.1) is 16.1 Å². The molecule has 1 unspecified atom stereocenters. The molecule has 3 heterocycles. The summed E-state index contributed by atoms with van der Waals surface area (Å²) in [6.07, 6.45) is 4.10. The van der Waals surface area contributed by atoms with Gasteiger partial charge in [-0.25, -0.2) is 18.0 Å². The van der Waals surface area contributed by atoms with Crippen LogP contribution in [0.2, 0.25) is 0 Å². The molecule has 35 heavy (non-hydrogen) atoms. The monoisotopic (exact) mass is 505 g/mol. The van der Waals surface area contributed by atoms with E-state index in [4.69, 9.17) is 0 Å². The molecule has 1 aromatic heterocycles. The normalized spacial score (nSPS) is 21.6. The van der Waals surface area contributed by atoms with Crippen molar-refractivity contribution in [3.8, 4) is 0 Å². The summed E-state index contributed by atoms with van der Waals surface area (Å²) in [5.74, 6) is -2.49. The van der Waals surface area contributed by atoms with Gasteiger partial charge in [-0.3, -0.25) is 10.1 Å². The maximum Gasteiger partial charge on any atom is 0.260 e. The van der Waals surface area contributed by atoms with Crippen LogP contribution in [0.4, 0.5) is 26.2 Å². The number of nitrogens with zero attached hydrogens (tertiary/aromatic N) is 4. The van der Waals surface area contributed by atoms with Gasteiger partial charge in [-0.2, -0.15) is 4.98 Å². The minimum absolute atomic E-state index is 0.0960. The van der Waals surface area contributed by atoms with E-state index < -0.39 is 22.9 Å². The maximum atomic E-state index is 13.6. The van der Waals surface area contributed by atoms with Gasteiger partial charge in [0.15, 0.2) is 11.1 Å². The number of piperidine rings is 2. The van der Waals surface area contributed by atoms with Crippen LogP contribution in [0.1, 0.15) is 54.6 Å². The predicted molar refractivity (Wildman–Crippen MR) is 130 cm³/mol. The molecule has 1 aliphatic carbocycles. The summed E-state index contributed by atoms with van der Waals surface area (Å²) in [6, 6.07) is 6.35. The Balaban J connectivity index is 1.37. The zero-order valence-electron chi connectivity index (χ0n) is 19.6. The standard InChI is InChI=1S/C24H29F2N5O3S/c1-16-14-20(31-12-8-24(25,26)9-13-31)28-22(27-16)29-21(32)18-3-2-17(35(33)34)15-19(18)30-10-6-23(4-5-23)7-11-30/h2-3,14-15H,4-13H2,1H3,(H,33,34)(H,27,28,29,32). The van der Waals surface area contributed by atoms with Crippen LogP contribution >= 0.6 is 0 Å². The summed E-state index contributed by atoms with van der Waals surface area (Å²) >= 11 is -2.16. The topological polar surface area (TPSA) is 98.7 Å². The third kappa shape index (κ3) is 5.30. The second-order valence-electron chi connectivity index (χ2n) is 9.90. The number of hydrogen-bond acceptors (Lipinski definition) is 6. The third-order valence-electron chi connectivity index (χ3n) is 7.42. The van der Waals surface area contributed by atoms with E-state index in [1.807, 2.05) is 0 Å². The highest BCUT2D eigenvalue weighted by atomic mass is 32.2. The Hall–Kier alpha value is -2.66. The highest BCUT2D eigenvalue weighted by Crippen LogP contribution is 2.54. The largest absolute Gasteiger partial charge is 0.371 e. The molecule has 188 valence electrons. The Morgan fingerprint density at radius 2 is 1.66 bits per heavy atom. The fourth-order valence-electron chi connectivity index (χ4n) is 4.97. The van der Waals surface area contributed by atoms with Crippen LogP contribution in [0.25, 0.3) is 0 Å². The molecule has 1 atom stereocenters. The SMILES string of the molecule is Cc1cc(N2CCC(F)(F)CC2)nc(NC(=O)c2ccc(S(=O)O)cc2N2CCC3(CC2)CC3)n1. The third-order valence-corrected chi connectivity index (χ3v) is 8.08. The van der Waals surface area contributed by atoms with Crippen LogP contribution in [0.15, 0.2) is 29.2 Å². The predicted octanol–water partition coefficient (Wildman–Crippen LogP) is 4.23. The second kappa shape index (κ2) is 9.09. The zero-order chi connectivity index (χ0) is 24.8. The van der Waals surface area contributed by atoms with E-state index in [0.717, 1.165) is 25.9 Å². The summed E-state index contributed by atoms with van der Waals surface area (Å²) < 4.78 is 48.5. The highest BCUT2D eigenvalue weighted by Gasteiger charge is 2.44. The Morgan fingerprint density at radius 3 is 2.29 bits per heavy atom. The molecule has 3 fully saturated rings. The van der Waals surface area contributed by atoms with Crippen LogP contribution in [-0.4, -0.2) is 56.7 Å². The van der Waals surface area contributed by atoms with Crippen LogP contribution in [-0.2, 0) is 11.1 Å². The molecule has 0 bridgehead atoms. The fourth-order valence-corrected chi connectivity index (χ4v) is 5.37. The summed E-state index contributed by atoms with van der Waals surface area (Å²) in [5.41, 5.74) is 2.04. The van der Waals surface area contributed by atoms with Crippen molar-refractivity contribution in [2.45, 2.75) is 56.3 Å². The number of carbonyl (C=O) groups is 1. The minimum Gasteiger partial charge on any atom is -0.371 e. The van der Waals surface area contributed by atoms with Crippen LogP contribution < -0.4 is 15.1 Å². The highest BCUT2D eigenvalue weighted by molar-refractivity contribution is 7.79. The number of benzene rings is 1. The molecular weight excluding hydrogens is 476 g/mol. The quantitative estimate of drug-likeness (QED) is 0.587. The second-order valence-corrected chi connectivity index (χ2v) is 10.9. The molecule has 1 spiro atoms. The lowest BCUT2D eigenvalue weighted by Gasteiger charge is -2.35. The Bertz CT molecular complexity index is 1150. The molecule has 1 aromatic carbocycles. The molecule has 0 radical (unpaired) electrons. The molecule has 2 saturated heterocycles. The summed E-state index contributed by atoms with van der Waals surface area (Å²) in [5, 5.41) is 2.75. The van der Waals surface area contributed by atoms with Gasteiger partial charge in [-0.1, -0.05) is 0 Å². The molecule has 8 nitrogen and oxygen atoms in total. The van der Waals surface area contributed by atoms with Crippen molar-refractivity contribution >= 4 is 34.4 Å². The Labute approximate surface area is 205 Å². The number of anilines is 3. The number of hydrogen-bond donors (Lipinski definition) is 2. The first-order valence-corrected chi connectivity index (χ1v) is 13.0. The van der Waals surface area contributed by atoms with Crippen molar-refractivity contribution in [1.82, 2.24) is 9.97 Å². The van der Waals surface area contributed by atoms with Gasteiger partial charge < -0.3 is 14.4 Å². The Kier molecular flexibility index (Phi) is 6.25. The first-order chi connectivity index (χ1) is 16.6. The van der Waals surface area contributed by atoms with E-state index in [0.29, 0.717) is 28.2 Å². The lowest BCUT2D eigenvalue weighted by Crippen LogP contribution is -2.40. The molecule has 1 saturated carbocycles. The van der Waals surface area contributed by atoms with E-state index in [9.17, 15) is 22.3 Å². The molecular formula is C24H29F2N5O3S. The van der Waals surface area contributed by atoms with E-state index >= 15 is 0 Å². The van der Waals surface area contributed by atoms with E-state index in [1.54, 1.807) is 30.0 Å². The molecule has 2 aromatic rings.